The molecule has 3 nitrogen and oxygen atoms in total. The summed E-state index contributed by atoms with van der Waals surface area (Å²) >= 11 is 11.2. The maximum atomic E-state index is 11.9. The third-order valence-corrected chi connectivity index (χ3v) is 3.78. The molecule has 1 rings (SSSR count). The van der Waals surface area contributed by atoms with Crippen molar-refractivity contribution in [2.24, 2.45) is 5.41 Å². The van der Waals surface area contributed by atoms with E-state index in [9.17, 15) is 9.90 Å². The number of ketones is 1. The topological polar surface area (TPSA) is 46.5 Å². The maximum absolute atomic E-state index is 11.9. The standard InChI is InChI=1S/C10H16Cl2O3/c1-8(2,3)9(4)6(13)5-10(14,15-9)7(11)12/h7,14H,5H2,1-4H3. The number of halogens is 2. The van der Waals surface area contributed by atoms with Crippen molar-refractivity contribution >= 4 is 29.0 Å². The van der Waals surface area contributed by atoms with Crippen molar-refractivity contribution in [2.45, 2.75) is 50.3 Å². The van der Waals surface area contributed by atoms with Crippen molar-refractivity contribution in [1.82, 2.24) is 0 Å². The van der Waals surface area contributed by atoms with Crippen LogP contribution in [0.15, 0.2) is 0 Å². The van der Waals surface area contributed by atoms with Crippen molar-refractivity contribution in [3.63, 3.8) is 0 Å². The molecule has 0 saturated carbocycles. The lowest BCUT2D eigenvalue weighted by Gasteiger charge is -2.38. The molecule has 0 bridgehead atoms. The van der Waals surface area contributed by atoms with E-state index in [0.29, 0.717) is 0 Å². The average Bonchev–Trinajstić information content (AvgIpc) is 2.23. The zero-order valence-electron chi connectivity index (χ0n) is 9.30. The molecule has 2 atom stereocenters. The Morgan fingerprint density at radius 3 is 2.13 bits per heavy atom. The highest BCUT2D eigenvalue weighted by Gasteiger charge is 2.59. The molecule has 2 unspecified atom stereocenters. The van der Waals surface area contributed by atoms with E-state index in [4.69, 9.17) is 27.9 Å². The Bertz CT molecular complexity index is 285. The summed E-state index contributed by atoms with van der Waals surface area (Å²) in [5.74, 6) is -1.94. The molecule has 0 aromatic carbocycles. The maximum Gasteiger partial charge on any atom is 0.204 e. The number of rotatable bonds is 1. The number of Topliss-reactive ketones (excluding diaryl/α,β-unsaturated/α-hetero) is 1. The van der Waals surface area contributed by atoms with Gasteiger partial charge in [-0.25, -0.2) is 0 Å². The molecule has 0 aromatic heterocycles. The summed E-state index contributed by atoms with van der Waals surface area (Å²) in [6, 6.07) is 0. The molecule has 5 heteroatoms. The second kappa shape index (κ2) is 3.59. The van der Waals surface area contributed by atoms with Crippen LogP contribution in [0.1, 0.15) is 34.1 Å². The van der Waals surface area contributed by atoms with E-state index < -0.39 is 21.6 Å². The predicted octanol–water partition coefficient (Wildman–Crippen LogP) is 2.27. The van der Waals surface area contributed by atoms with Crippen LogP contribution in [0, 0.1) is 5.41 Å². The molecule has 1 aliphatic heterocycles. The van der Waals surface area contributed by atoms with Crippen LogP contribution in [0.3, 0.4) is 0 Å². The van der Waals surface area contributed by atoms with Crippen LogP contribution in [-0.4, -0.2) is 27.1 Å². The molecule has 0 aliphatic carbocycles. The van der Waals surface area contributed by atoms with Crippen molar-refractivity contribution < 1.29 is 14.6 Å². The molecule has 1 heterocycles. The minimum absolute atomic E-state index is 0.168. The number of carbonyl (C=O) groups excluding carboxylic acids is 1. The summed E-state index contributed by atoms with van der Waals surface area (Å²) in [5, 5.41) is 9.93. The van der Waals surface area contributed by atoms with Gasteiger partial charge in [0.15, 0.2) is 10.6 Å². The van der Waals surface area contributed by atoms with Gasteiger partial charge in [0, 0.05) is 0 Å². The Kier molecular flexibility index (Phi) is 3.17. The van der Waals surface area contributed by atoms with Crippen LogP contribution < -0.4 is 0 Å². The van der Waals surface area contributed by atoms with Gasteiger partial charge in [-0.15, -0.1) is 0 Å². The first-order valence-corrected chi connectivity index (χ1v) is 5.64. The molecule has 0 amide bonds. The van der Waals surface area contributed by atoms with Gasteiger partial charge in [-0.05, 0) is 12.3 Å². The summed E-state index contributed by atoms with van der Waals surface area (Å²) in [6.07, 6.45) is -0.168. The first-order chi connectivity index (χ1) is 6.53. The summed E-state index contributed by atoms with van der Waals surface area (Å²) in [5.41, 5.74) is -1.47. The number of hydrogen-bond acceptors (Lipinski definition) is 3. The smallest absolute Gasteiger partial charge is 0.204 e. The van der Waals surface area contributed by atoms with E-state index in [-0.39, 0.29) is 12.2 Å². The van der Waals surface area contributed by atoms with Crippen LogP contribution in [0.5, 0.6) is 0 Å². The first kappa shape index (κ1) is 13.2. The highest BCUT2D eigenvalue weighted by Crippen LogP contribution is 2.47. The number of alkyl halides is 2. The van der Waals surface area contributed by atoms with Gasteiger partial charge in [-0.1, -0.05) is 44.0 Å². The van der Waals surface area contributed by atoms with E-state index >= 15 is 0 Å². The van der Waals surface area contributed by atoms with E-state index in [1.807, 2.05) is 20.8 Å². The number of aliphatic hydroxyl groups is 1. The van der Waals surface area contributed by atoms with Gasteiger partial charge in [0.25, 0.3) is 0 Å². The van der Waals surface area contributed by atoms with E-state index in [2.05, 4.69) is 0 Å². The van der Waals surface area contributed by atoms with Gasteiger partial charge in [0.2, 0.25) is 5.79 Å². The largest absolute Gasteiger partial charge is 0.363 e. The average molecular weight is 255 g/mol. The zero-order chi connectivity index (χ0) is 12.1. The second-order valence-electron chi connectivity index (χ2n) is 5.13. The van der Waals surface area contributed by atoms with E-state index in [1.54, 1.807) is 6.92 Å². The molecule has 1 saturated heterocycles. The molecule has 0 radical (unpaired) electrons. The van der Waals surface area contributed by atoms with Gasteiger partial charge in [-0.2, -0.15) is 0 Å². The Labute approximate surface area is 99.7 Å². The molecule has 1 N–H and O–H groups in total. The van der Waals surface area contributed by atoms with Gasteiger partial charge in [0.05, 0.1) is 6.42 Å². The van der Waals surface area contributed by atoms with Gasteiger partial charge < -0.3 is 9.84 Å². The quantitative estimate of drug-likeness (QED) is 0.731. The zero-order valence-corrected chi connectivity index (χ0v) is 10.8. The number of carbonyl (C=O) groups is 1. The van der Waals surface area contributed by atoms with Gasteiger partial charge in [0.1, 0.15) is 5.60 Å². The van der Waals surface area contributed by atoms with E-state index in [1.165, 1.54) is 0 Å². The third-order valence-electron chi connectivity index (χ3n) is 3.10. The van der Waals surface area contributed by atoms with Gasteiger partial charge >= 0.3 is 0 Å². The summed E-state index contributed by atoms with van der Waals surface area (Å²) in [6.45, 7) is 7.26. The second-order valence-corrected chi connectivity index (χ2v) is 6.23. The Balaban J connectivity index is 3.05. The Hall–Kier alpha value is 0.170. The summed E-state index contributed by atoms with van der Waals surface area (Å²) < 4.78 is 5.42. The summed E-state index contributed by atoms with van der Waals surface area (Å²) in [7, 11) is 0. The highest BCUT2D eigenvalue weighted by atomic mass is 35.5. The fraction of sp³-hybridized carbons (Fsp3) is 0.900. The molecule has 1 fully saturated rings. The molecule has 88 valence electrons. The van der Waals surface area contributed by atoms with Crippen LogP contribution >= 0.6 is 23.2 Å². The predicted molar refractivity (Wildman–Crippen MR) is 59.0 cm³/mol. The van der Waals surface area contributed by atoms with Crippen molar-refractivity contribution in [2.75, 3.05) is 0 Å². The first-order valence-electron chi connectivity index (χ1n) is 4.77. The molecule has 1 aliphatic rings. The lowest BCUT2D eigenvalue weighted by atomic mass is 9.75. The van der Waals surface area contributed by atoms with Crippen molar-refractivity contribution in [3.8, 4) is 0 Å². The molecular weight excluding hydrogens is 239 g/mol. The van der Waals surface area contributed by atoms with Crippen molar-refractivity contribution in [3.05, 3.63) is 0 Å². The SMILES string of the molecule is CC(C)(C)C1(C)OC(O)(C(Cl)Cl)CC1=O. The minimum atomic E-state index is -1.76. The molecular formula is C10H16Cl2O3. The minimum Gasteiger partial charge on any atom is -0.363 e. The lowest BCUT2D eigenvalue weighted by Crippen LogP contribution is -2.48. The van der Waals surface area contributed by atoms with Crippen LogP contribution in [0.4, 0.5) is 0 Å². The molecule has 0 aromatic rings. The fourth-order valence-electron chi connectivity index (χ4n) is 1.54. The van der Waals surface area contributed by atoms with Crippen LogP contribution in [0.2, 0.25) is 0 Å². The van der Waals surface area contributed by atoms with Crippen LogP contribution in [0.25, 0.3) is 0 Å². The van der Waals surface area contributed by atoms with Crippen molar-refractivity contribution in [1.29, 1.82) is 0 Å². The molecule has 0 spiro atoms. The number of ether oxygens (including phenoxy) is 1. The highest BCUT2D eigenvalue weighted by molar-refractivity contribution is 6.45. The Morgan fingerprint density at radius 2 is 1.93 bits per heavy atom. The normalized spacial score (nSPS) is 37.7. The van der Waals surface area contributed by atoms with Crippen LogP contribution in [-0.2, 0) is 9.53 Å². The third kappa shape index (κ3) is 2.03. The monoisotopic (exact) mass is 254 g/mol. The molecule has 15 heavy (non-hydrogen) atoms. The summed E-state index contributed by atoms with van der Waals surface area (Å²) in [4.78, 5) is 10.7. The Morgan fingerprint density at radius 1 is 1.47 bits per heavy atom. The van der Waals surface area contributed by atoms with Gasteiger partial charge in [-0.3, -0.25) is 4.79 Å². The lowest BCUT2D eigenvalue weighted by molar-refractivity contribution is -0.232. The fourth-order valence-corrected chi connectivity index (χ4v) is 1.78. The number of hydrogen-bond donors (Lipinski definition) is 1. The van der Waals surface area contributed by atoms with E-state index in [0.717, 1.165) is 0 Å².